The molecule has 9 nitrogen and oxygen atoms in total. The predicted molar refractivity (Wildman–Crippen MR) is 41.3 cm³/mol. The molecule has 0 aromatic rings. The molecule has 0 aromatic carbocycles. The van der Waals surface area contributed by atoms with Gasteiger partial charge in [-0.05, 0) is 0 Å². The van der Waals surface area contributed by atoms with Crippen LogP contribution in [-0.2, 0) is 29.6 Å². The summed E-state index contributed by atoms with van der Waals surface area (Å²) < 4.78 is 53.0. The van der Waals surface area contributed by atoms with Crippen LogP contribution in [0.15, 0.2) is 0 Å². The number of hydrogen-bond donors (Lipinski definition) is 1. The Bertz CT molecular complexity index is 359. The average Bonchev–Trinajstić information content (AvgIpc) is 2.03. The molecule has 86 valence electrons. The minimum atomic E-state index is -4.75. The summed E-state index contributed by atoms with van der Waals surface area (Å²) >= 11 is 0. The third-order valence-corrected chi connectivity index (χ3v) is 3.66. The van der Waals surface area contributed by atoms with Crippen LogP contribution in [0.3, 0.4) is 0 Å². The van der Waals surface area contributed by atoms with Crippen LogP contribution in [0.25, 0.3) is 0 Å². The number of carbonyl (C=O) groups is 1. The van der Waals surface area contributed by atoms with Crippen LogP contribution in [0, 0.1) is 0 Å². The topological polar surface area (TPSA) is 141 Å². The summed E-state index contributed by atoms with van der Waals surface area (Å²) in [5, 5.41) is 8.25. The van der Waals surface area contributed by atoms with Crippen LogP contribution in [0.4, 0.5) is 0 Å². The van der Waals surface area contributed by atoms with E-state index >= 15 is 0 Å². The van der Waals surface area contributed by atoms with E-state index in [4.69, 9.17) is 14.5 Å². The molecule has 0 heterocycles. The van der Waals surface area contributed by atoms with Gasteiger partial charge in [-0.1, -0.05) is 3.71 Å². The van der Waals surface area contributed by atoms with Crippen molar-refractivity contribution < 1.29 is 65.0 Å². The van der Waals surface area contributed by atoms with Gasteiger partial charge in [0, 0.05) is 13.5 Å². The summed E-state index contributed by atoms with van der Waals surface area (Å²) in [7, 11) is -7.69. The summed E-state index contributed by atoms with van der Waals surface area (Å²) in [6.07, 6.45) is 0. The summed E-state index contributed by atoms with van der Waals surface area (Å²) in [6.45, 7) is -0.500. The fourth-order valence-corrected chi connectivity index (χ4v) is 1.54. The van der Waals surface area contributed by atoms with Gasteiger partial charge in [-0.2, -0.15) is 16.8 Å². The Morgan fingerprint density at radius 2 is 1.60 bits per heavy atom. The third-order valence-electron chi connectivity index (χ3n) is 0.850. The van der Waals surface area contributed by atoms with Crippen molar-refractivity contribution in [2.75, 3.05) is 14.2 Å². The maximum Gasteiger partial charge on any atom is 1.00 e. The standard InChI is InChI=1S/C2H7NO6S2.CH2O2.Na/c1-3(10(4,5)6)11(7,8)9-2;2-1-3;/h1-2H3,(H,4,5,6);1H,(H,2,3);/q;;+1/p-1. The smallest absolute Gasteiger partial charge is 0.554 e. The van der Waals surface area contributed by atoms with Crippen molar-refractivity contribution in [2.45, 2.75) is 0 Å². The van der Waals surface area contributed by atoms with E-state index in [1.807, 2.05) is 0 Å². The molecule has 0 aromatic heterocycles. The third kappa shape index (κ3) is 9.19. The summed E-state index contributed by atoms with van der Waals surface area (Å²) in [6, 6.07) is 0. The molecule has 0 saturated heterocycles. The molecular formula is C3H8NNaO8S2. The van der Waals surface area contributed by atoms with E-state index in [-0.39, 0.29) is 33.3 Å². The monoisotopic (exact) mass is 273 g/mol. The molecular weight excluding hydrogens is 265 g/mol. The Hall–Kier alpha value is 0.250. The first-order valence-corrected chi connectivity index (χ1v) is 5.47. The second-order valence-electron chi connectivity index (χ2n) is 1.58. The Morgan fingerprint density at radius 3 is 1.67 bits per heavy atom. The molecule has 0 aliphatic rings. The Labute approximate surface area is 109 Å². The van der Waals surface area contributed by atoms with Crippen molar-refractivity contribution in [3.63, 3.8) is 0 Å². The second-order valence-corrected chi connectivity index (χ2v) is 4.99. The first-order chi connectivity index (χ1) is 6.13. The SMILES string of the molecule is COS(=O)(=O)N(C)S(=O)(=O)O.O=C[O-].[Na+]. The molecule has 0 bridgehead atoms. The van der Waals surface area contributed by atoms with Crippen molar-refractivity contribution in [2.24, 2.45) is 0 Å². The molecule has 1 N–H and O–H groups in total. The van der Waals surface area contributed by atoms with E-state index in [2.05, 4.69) is 4.18 Å². The Morgan fingerprint density at radius 1 is 1.33 bits per heavy atom. The maximum absolute atomic E-state index is 10.5. The Balaban J connectivity index is -0.000000320. The van der Waals surface area contributed by atoms with Crippen molar-refractivity contribution in [3.8, 4) is 0 Å². The molecule has 0 unspecified atom stereocenters. The van der Waals surface area contributed by atoms with Crippen LogP contribution < -0.4 is 34.7 Å². The van der Waals surface area contributed by atoms with E-state index in [0.717, 1.165) is 7.11 Å². The quantitative estimate of drug-likeness (QED) is 0.304. The largest absolute Gasteiger partial charge is 1.00 e. The maximum atomic E-state index is 10.5. The molecule has 0 rings (SSSR count). The minimum absolute atomic E-state index is 0. The van der Waals surface area contributed by atoms with Crippen LogP contribution in [0.1, 0.15) is 0 Å². The molecule has 0 radical (unpaired) electrons. The van der Waals surface area contributed by atoms with Gasteiger partial charge in [0.05, 0.1) is 7.11 Å². The normalized spacial score (nSPS) is 10.9. The van der Waals surface area contributed by atoms with Gasteiger partial charge in [0.25, 0.3) is 0 Å². The fourth-order valence-electron chi connectivity index (χ4n) is 0.220. The second kappa shape index (κ2) is 8.41. The summed E-state index contributed by atoms with van der Waals surface area (Å²) in [4.78, 5) is 8.25. The van der Waals surface area contributed by atoms with Gasteiger partial charge in [-0.15, -0.1) is 0 Å². The van der Waals surface area contributed by atoms with Crippen LogP contribution >= 0.6 is 0 Å². The van der Waals surface area contributed by atoms with Crippen molar-refractivity contribution in [3.05, 3.63) is 0 Å². The number of carboxylic acid groups (broad SMARTS) is 1. The first-order valence-electron chi connectivity index (χ1n) is 2.71. The zero-order chi connectivity index (χ0) is 12.0. The van der Waals surface area contributed by atoms with Crippen LogP contribution in [0.2, 0.25) is 0 Å². The van der Waals surface area contributed by atoms with Gasteiger partial charge in [-0.25, -0.2) is 0 Å². The molecule has 0 saturated carbocycles. The van der Waals surface area contributed by atoms with Gasteiger partial charge < -0.3 is 9.90 Å². The zero-order valence-electron chi connectivity index (χ0n) is 8.15. The van der Waals surface area contributed by atoms with E-state index in [9.17, 15) is 16.8 Å². The zero-order valence-corrected chi connectivity index (χ0v) is 11.8. The molecule has 0 spiro atoms. The summed E-state index contributed by atoms with van der Waals surface area (Å²) in [5.41, 5.74) is 0. The van der Waals surface area contributed by atoms with Gasteiger partial charge in [0.2, 0.25) is 0 Å². The van der Waals surface area contributed by atoms with Crippen molar-refractivity contribution in [1.82, 2.24) is 3.71 Å². The van der Waals surface area contributed by atoms with Gasteiger partial charge in [-0.3, -0.25) is 8.74 Å². The van der Waals surface area contributed by atoms with Gasteiger partial charge >= 0.3 is 50.2 Å². The number of carbonyl (C=O) groups excluding carboxylic acids is 1. The molecule has 0 aliphatic heterocycles. The molecule has 0 amide bonds. The summed E-state index contributed by atoms with van der Waals surface area (Å²) in [5.74, 6) is 0. The van der Waals surface area contributed by atoms with E-state index < -0.39 is 27.1 Å². The van der Waals surface area contributed by atoms with Crippen LogP contribution in [-0.4, -0.2) is 45.7 Å². The van der Waals surface area contributed by atoms with Crippen molar-refractivity contribution >= 4 is 27.1 Å². The minimum Gasteiger partial charge on any atom is -0.554 e. The molecule has 0 atom stereocenters. The number of rotatable bonds is 3. The number of nitrogens with zero attached hydrogens (tertiary/aromatic N) is 1. The van der Waals surface area contributed by atoms with Crippen LogP contribution in [0.5, 0.6) is 0 Å². The first kappa shape index (κ1) is 20.6. The molecule has 0 aliphatic carbocycles. The molecule has 15 heavy (non-hydrogen) atoms. The Kier molecular flexibility index (Phi) is 11.6. The number of hydrogen-bond acceptors (Lipinski definition) is 7. The predicted octanol–water partition coefficient (Wildman–Crippen LogP) is -6.02. The van der Waals surface area contributed by atoms with E-state index in [0.29, 0.717) is 7.05 Å². The average molecular weight is 273 g/mol. The molecule has 12 heteroatoms. The van der Waals surface area contributed by atoms with E-state index in [1.165, 1.54) is 0 Å². The van der Waals surface area contributed by atoms with E-state index in [1.54, 1.807) is 0 Å². The van der Waals surface area contributed by atoms with Gasteiger partial charge in [0.15, 0.2) is 0 Å². The fraction of sp³-hybridized carbons (Fsp3) is 0.667. The molecule has 0 fully saturated rings. The van der Waals surface area contributed by atoms with Crippen molar-refractivity contribution in [1.29, 1.82) is 0 Å². The van der Waals surface area contributed by atoms with Gasteiger partial charge in [0.1, 0.15) is 0 Å².